The van der Waals surface area contributed by atoms with Crippen molar-refractivity contribution in [3.05, 3.63) is 40.6 Å². The molecule has 0 radical (unpaired) electrons. The fourth-order valence-electron chi connectivity index (χ4n) is 2.76. The van der Waals surface area contributed by atoms with Gasteiger partial charge in [0.1, 0.15) is 17.5 Å². The summed E-state index contributed by atoms with van der Waals surface area (Å²) in [5.41, 5.74) is 1.03. The zero-order valence-corrected chi connectivity index (χ0v) is 14.4. The standard InChI is InChI=1S/C17H21BrN4/c1-13-19-16(21-15-8-6-14(18)7-9-15)12-17(20-13)22-10-4-2-3-5-11-22/h6-9,12H,2-5,10-11H2,1H3,(H,19,20,21). The molecule has 5 heteroatoms. The maximum atomic E-state index is 4.62. The first-order valence-electron chi connectivity index (χ1n) is 7.84. The van der Waals surface area contributed by atoms with Crippen LogP contribution in [0.2, 0.25) is 0 Å². The first-order valence-corrected chi connectivity index (χ1v) is 8.63. The van der Waals surface area contributed by atoms with Crippen LogP contribution in [0, 0.1) is 6.92 Å². The van der Waals surface area contributed by atoms with Gasteiger partial charge in [-0.1, -0.05) is 28.8 Å². The second kappa shape index (κ2) is 7.09. The van der Waals surface area contributed by atoms with Crippen molar-refractivity contribution in [2.75, 3.05) is 23.3 Å². The van der Waals surface area contributed by atoms with Gasteiger partial charge in [0.2, 0.25) is 0 Å². The van der Waals surface area contributed by atoms with E-state index in [1.165, 1.54) is 25.7 Å². The highest BCUT2D eigenvalue weighted by atomic mass is 79.9. The van der Waals surface area contributed by atoms with E-state index < -0.39 is 0 Å². The number of anilines is 3. The summed E-state index contributed by atoms with van der Waals surface area (Å²) in [4.78, 5) is 11.5. The van der Waals surface area contributed by atoms with Crippen LogP contribution in [0.15, 0.2) is 34.8 Å². The van der Waals surface area contributed by atoms with Gasteiger partial charge in [-0.3, -0.25) is 0 Å². The molecule has 1 saturated heterocycles. The van der Waals surface area contributed by atoms with Gasteiger partial charge in [-0.2, -0.15) is 0 Å². The Hall–Kier alpha value is -1.62. The molecular weight excluding hydrogens is 340 g/mol. The molecule has 2 aromatic rings. The summed E-state index contributed by atoms with van der Waals surface area (Å²) in [5, 5.41) is 3.37. The summed E-state index contributed by atoms with van der Waals surface area (Å²) in [7, 11) is 0. The Morgan fingerprint density at radius 1 is 1.00 bits per heavy atom. The van der Waals surface area contributed by atoms with E-state index in [0.29, 0.717) is 0 Å². The maximum absolute atomic E-state index is 4.62. The average Bonchev–Trinajstić information content (AvgIpc) is 2.78. The molecule has 1 fully saturated rings. The van der Waals surface area contributed by atoms with Gasteiger partial charge in [-0.25, -0.2) is 9.97 Å². The summed E-state index contributed by atoms with van der Waals surface area (Å²) < 4.78 is 1.07. The van der Waals surface area contributed by atoms with E-state index in [1.807, 2.05) is 31.2 Å². The van der Waals surface area contributed by atoms with E-state index in [0.717, 1.165) is 40.7 Å². The van der Waals surface area contributed by atoms with Gasteiger partial charge in [0, 0.05) is 29.3 Å². The van der Waals surface area contributed by atoms with Gasteiger partial charge < -0.3 is 10.2 Å². The second-order valence-electron chi connectivity index (χ2n) is 5.69. The molecule has 3 rings (SSSR count). The number of nitrogens with one attached hydrogen (secondary N) is 1. The summed E-state index contributed by atoms with van der Waals surface area (Å²) in [5.74, 6) is 2.70. The van der Waals surface area contributed by atoms with E-state index in [-0.39, 0.29) is 0 Å². The van der Waals surface area contributed by atoms with Gasteiger partial charge in [-0.05, 0) is 44.0 Å². The molecule has 22 heavy (non-hydrogen) atoms. The van der Waals surface area contributed by atoms with E-state index in [4.69, 9.17) is 0 Å². The van der Waals surface area contributed by atoms with Crippen molar-refractivity contribution in [2.45, 2.75) is 32.6 Å². The van der Waals surface area contributed by atoms with Crippen LogP contribution in [0.1, 0.15) is 31.5 Å². The molecule has 1 N–H and O–H groups in total. The molecule has 4 nitrogen and oxygen atoms in total. The molecule has 0 unspecified atom stereocenters. The molecule has 0 bridgehead atoms. The lowest BCUT2D eigenvalue weighted by molar-refractivity contribution is 0.726. The molecule has 0 spiro atoms. The predicted octanol–water partition coefficient (Wildman–Crippen LogP) is 4.67. The molecular formula is C17H21BrN4. The quantitative estimate of drug-likeness (QED) is 0.863. The Morgan fingerprint density at radius 3 is 2.36 bits per heavy atom. The summed E-state index contributed by atoms with van der Waals surface area (Å²) >= 11 is 3.45. The molecule has 0 aliphatic carbocycles. The van der Waals surface area contributed by atoms with Crippen LogP contribution in [0.25, 0.3) is 0 Å². The molecule has 1 aliphatic rings. The second-order valence-corrected chi connectivity index (χ2v) is 6.61. The van der Waals surface area contributed by atoms with E-state index in [2.05, 4.69) is 42.2 Å². The molecule has 0 amide bonds. The normalized spacial score (nSPS) is 15.5. The monoisotopic (exact) mass is 360 g/mol. The van der Waals surface area contributed by atoms with E-state index in [9.17, 15) is 0 Å². The number of aryl methyl sites for hydroxylation is 1. The summed E-state index contributed by atoms with van der Waals surface area (Å²) in [6.45, 7) is 4.14. The molecule has 116 valence electrons. The third kappa shape index (κ3) is 3.97. The van der Waals surface area contributed by atoms with Crippen LogP contribution < -0.4 is 10.2 Å². The van der Waals surface area contributed by atoms with Gasteiger partial charge >= 0.3 is 0 Å². The number of halogens is 1. The van der Waals surface area contributed by atoms with Gasteiger partial charge in [-0.15, -0.1) is 0 Å². The SMILES string of the molecule is Cc1nc(Nc2ccc(Br)cc2)cc(N2CCCCCC2)n1. The number of hydrogen-bond donors (Lipinski definition) is 1. The lowest BCUT2D eigenvalue weighted by Crippen LogP contribution is -2.25. The van der Waals surface area contributed by atoms with Crippen molar-refractivity contribution in [1.29, 1.82) is 0 Å². The maximum Gasteiger partial charge on any atom is 0.136 e. The van der Waals surface area contributed by atoms with Crippen molar-refractivity contribution in [3.8, 4) is 0 Å². The van der Waals surface area contributed by atoms with Crippen LogP contribution in [0.4, 0.5) is 17.3 Å². The van der Waals surface area contributed by atoms with Crippen LogP contribution in [-0.4, -0.2) is 23.1 Å². The third-order valence-electron chi connectivity index (χ3n) is 3.87. The fourth-order valence-corrected chi connectivity index (χ4v) is 3.02. The van der Waals surface area contributed by atoms with Crippen LogP contribution >= 0.6 is 15.9 Å². The first-order chi connectivity index (χ1) is 10.7. The first kappa shape index (κ1) is 15.3. The Balaban J connectivity index is 1.81. The number of aromatic nitrogens is 2. The highest BCUT2D eigenvalue weighted by Crippen LogP contribution is 2.23. The van der Waals surface area contributed by atoms with Crippen molar-refractivity contribution >= 4 is 33.3 Å². The largest absolute Gasteiger partial charge is 0.356 e. The molecule has 1 aliphatic heterocycles. The summed E-state index contributed by atoms with van der Waals surface area (Å²) in [6.07, 6.45) is 5.15. The topological polar surface area (TPSA) is 41.1 Å². The highest BCUT2D eigenvalue weighted by molar-refractivity contribution is 9.10. The Morgan fingerprint density at radius 2 is 1.68 bits per heavy atom. The van der Waals surface area contributed by atoms with Crippen molar-refractivity contribution < 1.29 is 0 Å². The Labute approximate surface area is 140 Å². The molecule has 2 heterocycles. The van der Waals surface area contributed by atoms with Gasteiger partial charge in [0.05, 0.1) is 0 Å². The molecule has 1 aromatic heterocycles. The average molecular weight is 361 g/mol. The van der Waals surface area contributed by atoms with Crippen molar-refractivity contribution in [1.82, 2.24) is 9.97 Å². The minimum Gasteiger partial charge on any atom is -0.356 e. The van der Waals surface area contributed by atoms with Crippen LogP contribution in [0.3, 0.4) is 0 Å². The van der Waals surface area contributed by atoms with Gasteiger partial charge in [0.15, 0.2) is 0 Å². The molecule has 0 saturated carbocycles. The Bertz CT molecular complexity index is 619. The van der Waals surface area contributed by atoms with Gasteiger partial charge in [0.25, 0.3) is 0 Å². The lowest BCUT2D eigenvalue weighted by atomic mass is 10.2. The molecule has 0 atom stereocenters. The van der Waals surface area contributed by atoms with Crippen LogP contribution in [0.5, 0.6) is 0 Å². The predicted molar refractivity (Wildman–Crippen MR) is 94.9 cm³/mol. The third-order valence-corrected chi connectivity index (χ3v) is 4.40. The highest BCUT2D eigenvalue weighted by Gasteiger charge is 2.13. The van der Waals surface area contributed by atoms with Crippen molar-refractivity contribution in [3.63, 3.8) is 0 Å². The molecule has 1 aromatic carbocycles. The zero-order valence-electron chi connectivity index (χ0n) is 12.8. The number of benzene rings is 1. The fraction of sp³-hybridized carbons (Fsp3) is 0.412. The lowest BCUT2D eigenvalue weighted by Gasteiger charge is -2.22. The number of rotatable bonds is 3. The smallest absolute Gasteiger partial charge is 0.136 e. The number of hydrogen-bond acceptors (Lipinski definition) is 4. The van der Waals surface area contributed by atoms with E-state index >= 15 is 0 Å². The Kier molecular flexibility index (Phi) is 4.93. The van der Waals surface area contributed by atoms with E-state index in [1.54, 1.807) is 0 Å². The zero-order chi connectivity index (χ0) is 15.4. The van der Waals surface area contributed by atoms with Crippen molar-refractivity contribution in [2.24, 2.45) is 0 Å². The minimum absolute atomic E-state index is 0.807. The van der Waals surface area contributed by atoms with Crippen LogP contribution in [-0.2, 0) is 0 Å². The minimum atomic E-state index is 0.807. The summed E-state index contributed by atoms with van der Waals surface area (Å²) in [6, 6.07) is 10.2. The number of nitrogens with zero attached hydrogens (tertiary/aromatic N) is 3.